The van der Waals surface area contributed by atoms with Crippen LogP contribution in [0.25, 0.3) is 5.69 Å². The zero-order valence-corrected chi connectivity index (χ0v) is 14.1. The molecule has 1 aliphatic heterocycles. The van der Waals surface area contributed by atoms with Gasteiger partial charge in [-0.05, 0) is 44.9 Å². The minimum atomic E-state index is -0.446. The van der Waals surface area contributed by atoms with Gasteiger partial charge in [0.15, 0.2) is 6.61 Å². The molecule has 0 N–H and O–H groups in total. The summed E-state index contributed by atoms with van der Waals surface area (Å²) in [5.41, 5.74) is 3.28. The van der Waals surface area contributed by atoms with Crippen molar-refractivity contribution in [2.45, 2.75) is 26.7 Å². The maximum Gasteiger partial charge on any atom is 0.340 e. The number of amides is 1. The molecule has 0 aliphatic carbocycles. The van der Waals surface area contributed by atoms with Crippen molar-refractivity contribution in [1.29, 1.82) is 0 Å². The molecule has 126 valence electrons. The van der Waals surface area contributed by atoms with Crippen molar-refractivity contribution in [3.63, 3.8) is 0 Å². The van der Waals surface area contributed by atoms with Crippen molar-refractivity contribution in [3.05, 3.63) is 53.3 Å². The number of aryl methyl sites for hydroxylation is 1. The summed E-state index contributed by atoms with van der Waals surface area (Å²) in [6.07, 6.45) is 2.05. The average Bonchev–Trinajstić information content (AvgIpc) is 3.21. The molecule has 1 aromatic carbocycles. The van der Waals surface area contributed by atoms with Gasteiger partial charge >= 0.3 is 5.97 Å². The quantitative estimate of drug-likeness (QED) is 0.812. The number of benzene rings is 1. The number of ether oxygens (including phenoxy) is 1. The summed E-state index contributed by atoms with van der Waals surface area (Å²) in [7, 11) is 0. The van der Waals surface area contributed by atoms with Crippen LogP contribution in [-0.4, -0.2) is 41.0 Å². The van der Waals surface area contributed by atoms with Crippen LogP contribution in [0.5, 0.6) is 0 Å². The first-order chi connectivity index (χ1) is 11.6. The van der Waals surface area contributed by atoms with Crippen molar-refractivity contribution in [1.82, 2.24) is 9.47 Å². The number of hydrogen-bond donors (Lipinski definition) is 0. The van der Waals surface area contributed by atoms with E-state index in [1.807, 2.05) is 54.8 Å². The first-order valence-corrected chi connectivity index (χ1v) is 8.27. The van der Waals surface area contributed by atoms with E-state index >= 15 is 0 Å². The highest BCUT2D eigenvalue weighted by molar-refractivity contribution is 5.93. The Kier molecular flexibility index (Phi) is 4.69. The Balaban J connectivity index is 1.73. The van der Waals surface area contributed by atoms with Crippen molar-refractivity contribution >= 4 is 11.9 Å². The molecule has 0 saturated carbocycles. The van der Waals surface area contributed by atoms with Gasteiger partial charge in [0.05, 0.1) is 5.56 Å². The maximum absolute atomic E-state index is 12.4. The third-order valence-corrected chi connectivity index (χ3v) is 4.45. The van der Waals surface area contributed by atoms with Gasteiger partial charge in [-0.3, -0.25) is 4.79 Å². The molecule has 0 unspecified atom stereocenters. The third-order valence-electron chi connectivity index (χ3n) is 4.45. The van der Waals surface area contributed by atoms with E-state index in [0.29, 0.717) is 5.56 Å². The molecule has 0 atom stereocenters. The van der Waals surface area contributed by atoms with E-state index in [0.717, 1.165) is 43.0 Å². The van der Waals surface area contributed by atoms with Crippen LogP contribution < -0.4 is 0 Å². The van der Waals surface area contributed by atoms with Crippen LogP contribution in [0.4, 0.5) is 0 Å². The number of nitrogens with zero attached hydrogens (tertiary/aromatic N) is 2. The van der Waals surface area contributed by atoms with E-state index < -0.39 is 5.97 Å². The van der Waals surface area contributed by atoms with Gasteiger partial charge in [0.25, 0.3) is 5.91 Å². The number of para-hydroxylation sites is 1. The lowest BCUT2D eigenvalue weighted by Crippen LogP contribution is -2.32. The second-order valence-corrected chi connectivity index (χ2v) is 6.12. The second-order valence-electron chi connectivity index (χ2n) is 6.12. The first kappa shape index (κ1) is 16.3. The summed E-state index contributed by atoms with van der Waals surface area (Å²) in [6, 6.07) is 11.7. The van der Waals surface area contributed by atoms with Crippen molar-refractivity contribution < 1.29 is 14.3 Å². The van der Waals surface area contributed by atoms with E-state index in [4.69, 9.17) is 4.74 Å². The molecule has 3 rings (SSSR count). The zero-order valence-electron chi connectivity index (χ0n) is 14.1. The van der Waals surface area contributed by atoms with Crippen LogP contribution in [0.1, 0.15) is 34.6 Å². The van der Waals surface area contributed by atoms with E-state index in [1.165, 1.54) is 0 Å². The van der Waals surface area contributed by atoms with Gasteiger partial charge in [-0.1, -0.05) is 18.2 Å². The molecular weight excluding hydrogens is 304 g/mol. The molecule has 0 radical (unpaired) electrons. The Labute approximate surface area is 141 Å². The molecule has 1 fully saturated rings. The van der Waals surface area contributed by atoms with Crippen LogP contribution in [0.15, 0.2) is 36.4 Å². The molecule has 0 spiro atoms. The van der Waals surface area contributed by atoms with Gasteiger partial charge in [0, 0.05) is 30.2 Å². The Morgan fingerprint density at radius 2 is 1.75 bits per heavy atom. The van der Waals surface area contributed by atoms with Crippen LogP contribution >= 0.6 is 0 Å². The van der Waals surface area contributed by atoms with E-state index in [2.05, 4.69) is 0 Å². The summed E-state index contributed by atoms with van der Waals surface area (Å²) in [5.74, 6) is -0.560. The predicted molar refractivity (Wildman–Crippen MR) is 91.3 cm³/mol. The van der Waals surface area contributed by atoms with Gasteiger partial charge in [0.2, 0.25) is 0 Å². The van der Waals surface area contributed by atoms with Gasteiger partial charge in [-0.2, -0.15) is 0 Å². The number of hydrogen-bond acceptors (Lipinski definition) is 3. The molecular formula is C19H22N2O3. The zero-order chi connectivity index (χ0) is 17.1. The highest BCUT2D eigenvalue weighted by Crippen LogP contribution is 2.21. The topological polar surface area (TPSA) is 51.5 Å². The number of likely N-dealkylation sites (tertiary alicyclic amines) is 1. The molecule has 1 aromatic heterocycles. The normalized spacial score (nSPS) is 14.0. The highest BCUT2D eigenvalue weighted by atomic mass is 16.5. The van der Waals surface area contributed by atoms with E-state index in [-0.39, 0.29) is 12.5 Å². The molecule has 1 saturated heterocycles. The lowest BCUT2D eigenvalue weighted by Gasteiger charge is -2.15. The monoisotopic (exact) mass is 326 g/mol. The second kappa shape index (κ2) is 6.91. The minimum Gasteiger partial charge on any atom is -0.452 e. The molecule has 2 aromatic rings. The summed E-state index contributed by atoms with van der Waals surface area (Å²) in [4.78, 5) is 26.1. The van der Waals surface area contributed by atoms with Gasteiger partial charge in [-0.15, -0.1) is 0 Å². The van der Waals surface area contributed by atoms with Crippen molar-refractivity contribution in [3.8, 4) is 5.69 Å². The van der Waals surface area contributed by atoms with Crippen LogP contribution in [0, 0.1) is 13.8 Å². The fourth-order valence-electron chi connectivity index (χ4n) is 3.21. The Morgan fingerprint density at radius 1 is 1.08 bits per heavy atom. The number of carbonyl (C=O) groups is 2. The first-order valence-electron chi connectivity index (χ1n) is 8.27. The number of esters is 1. The highest BCUT2D eigenvalue weighted by Gasteiger charge is 2.22. The van der Waals surface area contributed by atoms with Crippen molar-refractivity contribution in [2.75, 3.05) is 19.7 Å². The van der Waals surface area contributed by atoms with Gasteiger partial charge < -0.3 is 14.2 Å². The summed E-state index contributed by atoms with van der Waals surface area (Å²) >= 11 is 0. The van der Waals surface area contributed by atoms with Crippen LogP contribution in [-0.2, 0) is 9.53 Å². The fourth-order valence-corrected chi connectivity index (χ4v) is 3.21. The maximum atomic E-state index is 12.4. The lowest BCUT2D eigenvalue weighted by molar-refractivity contribution is -0.133. The lowest BCUT2D eigenvalue weighted by atomic mass is 10.2. The molecule has 5 nitrogen and oxygen atoms in total. The Morgan fingerprint density at radius 3 is 2.42 bits per heavy atom. The molecule has 2 heterocycles. The summed E-state index contributed by atoms with van der Waals surface area (Å²) in [5, 5.41) is 0. The standard InChI is InChI=1S/C19H22N2O3/c1-14-12-17(15(2)21(14)16-8-4-3-5-9-16)19(23)24-13-18(22)20-10-6-7-11-20/h3-5,8-9,12H,6-7,10-11,13H2,1-2H3. The Bertz CT molecular complexity index is 743. The van der Waals surface area contributed by atoms with Crippen LogP contribution in [0.3, 0.4) is 0 Å². The van der Waals surface area contributed by atoms with E-state index in [1.54, 1.807) is 4.90 Å². The molecule has 24 heavy (non-hydrogen) atoms. The minimum absolute atomic E-state index is 0.113. The molecule has 5 heteroatoms. The number of aromatic nitrogens is 1. The van der Waals surface area contributed by atoms with Crippen LogP contribution in [0.2, 0.25) is 0 Å². The SMILES string of the molecule is Cc1cc(C(=O)OCC(=O)N2CCCC2)c(C)n1-c1ccccc1. The van der Waals surface area contributed by atoms with Crippen molar-refractivity contribution in [2.24, 2.45) is 0 Å². The van der Waals surface area contributed by atoms with Gasteiger partial charge in [-0.25, -0.2) is 4.79 Å². The predicted octanol–water partition coefficient (Wildman–Crippen LogP) is 2.87. The van der Waals surface area contributed by atoms with E-state index in [9.17, 15) is 9.59 Å². The molecule has 1 amide bonds. The largest absolute Gasteiger partial charge is 0.452 e. The average molecular weight is 326 g/mol. The molecule has 1 aliphatic rings. The van der Waals surface area contributed by atoms with Gasteiger partial charge in [0.1, 0.15) is 0 Å². The molecule has 0 bridgehead atoms. The smallest absolute Gasteiger partial charge is 0.340 e. The summed E-state index contributed by atoms with van der Waals surface area (Å²) in [6.45, 7) is 5.18. The third kappa shape index (κ3) is 3.20. The summed E-state index contributed by atoms with van der Waals surface area (Å²) < 4.78 is 7.26. The Hall–Kier alpha value is -2.56. The number of rotatable bonds is 4. The fraction of sp³-hybridized carbons (Fsp3) is 0.368. The number of carbonyl (C=O) groups excluding carboxylic acids is 2.